The molecule has 44 heavy (non-hydrogen) atoms. The molecule has 0 saturated carbocycles. The van der Waals surface area contributed by atoms with Crippen molar-refractivity contribution in [2.45, 2.75) is 178 Å². The molecule has 0 N–H and O–H groups in total. The lowest BCUT2D eigenvalue weighted by Gasteiger charge is -2.39. The van der Waals surface area contributed by atoms with Crippen LogP contribution in [0.15, 0.2) is 12.1 Å². The number of rotatable bonds is 22. The van der Waals surface area contributed by atoms with E-state index in [9.17, 15) is 0 Å². The van der Waals surface area contributed by atoms with E-state index in [1.54, 1.807) is 0 Å². The molecule has 0 saturated heterocycles. The van der Waals surface area contributed by atoms with Gasteiger partial charge in [-0.15, -0.1) is 22.7 Å². The Morgan fingerprint density at radius 1 is 0.523 bits per heavy atom. The van der Waals surface area contributed by atoms with Gasteiger partial charge in [-0.2, -0.15) is 0 Å². The van der Waals surface area contributed by atoms with E-state index in [1.807, 2.05) is 22.7 Å². The summed E-state index contributed by atoms with van der Waals surface area (Å²) in [5.41, 5.74) is 1.34. The average molecular weight is 643 g/mol. The van der Waals surface area contributed by atoms with Gasteiger partial charge in [0.15, 0.2) is 0 Å². The van der Waals surface area contributed by atoms with Crippen molar-refractivity contribution in [3.05, 3.63) is 27.5 Å². The van der Waals surface area contributed by atoms with Gasteiger partial charge in [-0.05, 0) is 87.2 Å². The van der Waals surface area contributed by atoms with Gasteiger partial charge in [-0.25, -0.2) is 0 Å². The van der Waals surface area contributed by atoms with E-state index in [1.165, 1.54) is 115 Å². The third kappa shape index (κ3) is 12.1. The standard InChI is InChI=1S/C41H70OS2/c1-29(2)15-11-17-31(5)19-13-21-33(7)23-25-41(26-24-34(8)22-14-20-32(6)18-12-16-30(3)4)37-27-35(9)43-39(37)40-38(42-41)28-36(10)44-40/h27-34H,11-26H2,1-10H3. The molecule has 0 spiro atoms. The topological polar surface area (TPSA) is 9.23 Å². The molecule has 0 radical (unpaired) electrons. The van der Waals surface area contributed by atoms with Crippen LogP contribution in [0.4, 0.5) is 0 Å². The lowest BCUT2D eigenvalue weighted by Crippen LogP contribution is -2.36. The number of ether oxygens (including phenoxy) is 1. The first-order valence-electron chi connectivity index (χ1n) is 18.8. The fraction of sp³-hybridized carbons (Fsp3) is 0.805. The Morgan fingerprint density at radius 2 is 0.909 bits per heavy atom. The maximum absolute atomic E-state index is 7.21. The highest BCUT2D eigenvalue weighted by molar-refractivity contribution is 7.22. The van der Waals surface area contributed by atoms with E-state index in [-0.39, 0.29) is 5.60 Å². The number of hydrogen-bond acceptors (Lipinski definition) is 3. The largest absolute Gasteiger partial charge is 0.481 e. The van der Waals surface area contributed by atoms with Crippen molar-refractivity contribution in [2.75, 3.05) is 0 Å². The first-order chi connectivity index (χ1) is 20.9. The number of fused-ring (bicyclic) bond motifs is 3. The molecule has 4 unspecified atom stereocenters. The molecule has 2 aromatic heterocycles. The summed E-state index contributed by atoms with van der Waals surface area (Å²) in [6, 6.07) is 4.81. The fourth-order valence-corrected chi connectivity index (χ4v) is 9.61. The van der Waals surface area contributed by atoms with Crippen LogP contribution in [-0.4, -0.2) is 0 Å². The Labute approximate surface area is 282 Å². The molecule has 3 heteroatoms. The van der Waals surface area contributed by atoms with Crippen molar-refractivity contribution in [3.8, 4) is 15.5 Å². The molecular formula is C41H70OS2. The summed E-state index contributed by atoms with van der Waals surface area (Å²) in [5, 5.41) is 0. The Morgan fingerprint density at radius 3 is 1.36 bits per heavy atom. The normalized spacial score (nSPS) is 19.1. The summed E-state index contributed by atoms with van der Waals surface area (Å²) >= 11 is 3.92. The molecule has 1 aliphatic rings. The average Bonchev–Trinajstić information content (AvgIpc) is 3.52. The molecular weight excluding hydrogens is 573 g/mol. The molecule has 3 rings (SSSR count). The Hall–Kier alpha value is -0.800. The Kier molecular flexibility index (Phi) is 15.8. The van der Waals surface area contributed by atoms with Crippen LogP contribution >= 0.6 is 22.7 Å². The molecule has 0 aliphatic carbocycles. The first kappa shape index (κ1) is 37.7. The molecule has 0 aromatic carbocycles. The van der Waals surface area contributed by atoms with Crippen molar-refractivity contribution in [2.24, 2.45) is 35.5 Å². The third-order valence-corrected chi connectivity index (χ3v) is 12.8. The van der Waals surface area contributed by atoms with Gasteiger partial charge in [0.2, 0.25) is 0 Å². The SMILES string of the molecule is Cc1cc2c(s1)-c1sc(C)cc1C(CCC(C)CCCC(C)CCCC(C)C)(CCC(C)CCCC(C)CCCC(C)C)O2. The van der Waals surface area contributed by atoms with Gasteiger partial charge in [0, 0.05) is 15.3 Å². The van der Waals surface area contributed by atoms with Gasteiger partial charge >= 0.3 is 0 Å². The van der Waals surface area contributed by atoms with Crippen molar-refractivity contribution in [3.63, 3.8) is 0 Å². The molecule has 252 valence electrons. The minimum Gasteiger partial charge on any atom is -0.481 e. The molecule has 4 atom stereocenters. The van der Waals surface area contributed by atoms with Crippen molar-refractivity contribution in [1.82, 2.24) is 0 Å². The lowest BCUT2D eigenvalue weighted by molar-refractivity contribution is 0.0322. The highest BCUT2D eigenvalue weighted by Crippen LogP contribution is 2.55. The molecule has 2 aromatic rings. The van der Waals surface area contributed by atoms with Crippen LogP contribution in [0.1, 0.15) is 173 Å². The smallest absolute Gasteiger partial charge is 0.140 e. The second-order valence-corrected chi connectivity index (χ2v) is 18.8. The highest BCUT2D eigenvalue weighted by atomic mass is 32.1. The number of aryl methyl sites for hydroxylation is 2. The summed E-state index contributed by atoms with van der Waals surface area (Å²) in [6.07, 6.45) is 21.4. The van der Waals surface area contributed by atoms with E-state index < -0.39 is 0 Å². The van der Waals surface area contributed by atoms with Gasteiger partial charge in [0.05, 0.1) is 9.75 Å². The third-order valence-electron chi connectivity index (χ3n) is 10.5. The molecule has 1 aliphatic heterocycles. The van der Waals surface area contributed by atoms with Gasteiger partial charge in [-0.1, -0.05) is 132 Å². The lowest BCUT2D eigenvalue weighted by atomic mass is 9.78. The van der Waals surface area contributed by atoms with Crippen LogP contribution < -0.4 is 4.74 Å². The second-order valence-electron chi connectivity index (χ2n) is 16.3. The van der Waals surface area contributed by atoms with Crippen LogP contribution in [0.3, 0.4) is 0 Å². The number of hydrogen-bond donors (Lipinski definition) is 0. The van der Waals surface area contributed by atoms with Crippen molar-refractivity contribution >= 4 is 22.7 Å². The zero-order valence-corrected chi connectivity index (χ0v) is 32.3. The van der Waals surface area contributed by atoms with Gasteiger partial charge < -0.3 is 4.74 Å². The summed E-state index contributed by atoms with van der Waals surface area (Å²) in [5.74, 6) is 6.09. The first-order valence-corrected chi connectivity index (χ1v) is 20.4. The van der Waals surface area contributed by atoms with Crippen LogP contribution in [0, 0.1) is 49.4 Å². The Balaban J connectivity index is 1.60. The van der Waals surface area contributed by atoms with Crippen molar-refractivity contribution in [1.29, 1.82) is 0 Å². The highest BCUT2D eigenvalue weighted by Gasteiger charge is 2.43. The van der Waals surface area contributed by atoms with Gasteiger partial charge in [0.25, 0.3) is 0 Å². The number of thiophene rings is 2. The van der Waals surface area contributed by atoms with E-state index >= 15 is 0 Å². The Bertz CT molecular complexity index is 1040. The minimum absolute atomic E-state index is 0.169. The fourth-order valence-electron chi connectivity index (χ4n) is 7.42. The summed E-state index contributed by atoms with van der Waals surface area (Å²) in [7, 11) is 0. The quantitative estimate of drug-likeness (QED) is 0.124. The van der Waals surface area contributed by atoms with Crippen LogP contribution in [0.25, 0.3) is 9.75 Å². The zero-order valence-electron chi connectivity index (χ0n) is 30.7. The predicted octanol–water partition coefficient (Wildman–Crippen LogP) is 14.8. The minimum atomic E-state index is -0.169. The van der Waals surface area contributed by atoms with E-state index in [4.69, 9.17) is 4.74 Å². The molecule has 3 heterocycles. The second kappa shape index (κ2) is 18.5. The monoisotopic (exact) mass is 642 g/mol. The van der Waals surface area contributed by atoms with E-state index in [2.05, 4.69) is 81.4 Å². The maximum atomic E-state index is 7.21. The van der Waals surface area contributed by atoms with Crippen molar-refractivity contribution < 1.29 is 4.74 Å². The molecule has 0 bridgehead atoms. The van der Waals surface area contributed by atoms with E-state index in [0.717, 1.165) is 54.1 Å². The van der Waals surface area contributed by atoms with Crippen LogP contribution in [0.2, 0.25) is 0 Å². The van der Waals surface area contributed by atoms with E-state index in [0.29, 0.717) is 0 Å². The maximum Gasteiger partial charge on any atom is 0.140 e. The molecule has 0 amide bonds. The van der Waals surface area contributed by atoms with Crippen LogP contribution in [0.5, 0.6) is 5.75 Å². The molecule has 1 nitrogen and oxygen atoms in total. The van der Waals surface area contributed by atoms with Gasteiger partial charge in [0.1, 0.15) is 11.4 Å². The summed E-state index contributed by atoms with van der Waals surface area (Å²) in [4.78, 5) is 5.69. The molecule has 0 fully saturated rings. The zero-order chi connectivity index (χ0) is 32.3. The van der Waals surface area contributed by atoms with Crippen LogP contribution in [-0.2, 0) is 5.60 Å². The summed E-state index contributed by atoms with van der Waals surface area (Å²) in [6.45, 7) is 23.9. The summed E-state index contributed by atoms with van der Waals surface area (Å²) < 4.78 is 7.21. The van der Waals surface area contributed by atoms with Gasteiger partial charge in [-0.3, -0.25) is 0 Å². The predicted molar refractivity (Wildman–Crippen MR) is 200 cm³/mol.